The number of nitrogens with one attached hydrogen (secondary N) is 1. The van der Waals surface area contributed by atoms with E-state index in [-0.39, 0.29) is 17.0 Å². The van der Waals surface area contributed by atoms with Gasteiger partial charge in [0.2, 0.25) is 0 Å². The zero-order valence-corrected chi connectivity index (χ0v) is 13.7. The first-order valence-electron chi connectivity index (χ1n) is 6.73. The van der Waals surface area contributed by atoms with Crippen molar-refractivity contribution in [2.45, 2.75) is 25.7 Å². The number of hydrogen-bond donors (Lipinski definition) is 1. The number of rotatable bonds is 2. The number of nitrogens with zero attached hydrogens (tertiary/aromatic N) is 2. The van der Waals surface area contributed by atoms with Gasteiger partial charge >= 0.3 is 0 Å². The van der Waals surface area contributed by atoms with E-state index in [0.717, 1.165) is 35.2 Å². The van der Waals surface area contributed by atoms with E-state index in [1.54, 1.807) is 11.3 Å². The van der Waals surface area contributed by atoms with Crippen molar-refractivity contribution in [3.05, 3.63) is 35.7 Å². The van der Waals surface area contributed by atoms with Crippen LogP contribution in [0, 0.1) is 0 Å². The normalized spacial score (nSPS) is 14.9. The van der Waals surface area contributed by atoms with Crippen molar-refractivity contribution in [3.8, 4) is 11.3 Å². The number of benzene rings is 1. The third-order valence-electron chi connectivity index (χ3n) is 3.20. The van der Waals surface area contributed by atoms with Crippen LogP contribution < -0.4 is 5.32 Å². The van der Waals surface area contributed by atoms with Gasteiger partial charge in [0.15, 0.2) is 5.13 Å². The molecule has 2 aromatic rings. The van der Waals surface area contributed by atoms with Crippen molar-refractivity contribution in [1.29, 1.82) is 0 Å². The molecule has 1 aromatic heterocycles. The van der Waals surface area contributed by atoms with Gasteiger partial charge in [-0.25, -0.2) is 4.98 Å². The monoisotopic (exact) mass is 351 g/mol. The zero-order chi connectivity index (χ0) is 12.9. The minimum absolute atomic E-state index is 0. The molecule has 0 radical (unpaired) electrons. The van der Waals surface area contributed by atoms with Crippen LogP contribution in [0.5, 0.6) is 0 Å². The summed E-state index contributed by atoms with van der Waals surface area (Å²) in [7, 11) is 0. The Bertz CT molecular complexity index is 566. The Morgan fingerprint density at radius 1 is 1.05 bits per heavy atom. The van der Waals surface area contributed by atoms with Gasteiger partial charge in [0.1, 0.15) is 5.84 Å². The predicted molar refractivity (Wildman–Crippen MR) is 92.3 cm³/mol. The molecule has 0 bridgehead atoms. The standard InChI is InChI=1S/C15H17N3S.BrH/c1-3-7-12(8-4-1)13-11-19-15(17-13)18-14-9-5-2-6-10-16-14;/h1,3-4,7-8,11H,2,5-6,9-10H2,(H,16,17,18);1H. The fraction of sp³-hybridized carbons (Fsp3) is 0.333. The molecule has 20 heavy (non-hydrogen) atoms. The van der Waals surface area contributed by atoms with E-state index in [1.165, 1.54) is 19.3 Å². The smallest absolute Gasteiger partial charge is 0.188 e. The van der Waals surface area contributed by atoms with E-state index >= 15 is 0 Å². The lowest BCUT2D eigenvalue weighted by atomic mass is 10.2. The summed E-state index contributed by atoms with van der Waals surface area (Å²) >= 11 is 1.64. The Labute approximate surface area is 133 Å². The highest BCUT2D eigenvalue weighted by Gasteiger charge is 2.08. The lowest BCUT2D eigenvalue weighted by molar-refractivity contribution is 0.731. The molecule has 0 unspecified atom stereocenters. The van der Waals surface area contributed by atoms with Gasteiger partial charge in [0, 0.05) is 23.9 Å². The molecule has 1 N–H and O–H groups in total. The van der Waals surface area contributed by atoms with Gasteiger partial charge in [-0.1, -0.05) is 36.8 Å². The first-order valence-corrected chi connectivity index (χ1v) is 7.61. The van der Waals surface area contributed by atoms with Gasteiger partial charge < -0.3 is 5.32 Å². The summed E-state index contributed by atoms with van der Waals surface area (Å²) in [5, 5.41) is 6.40. The Morgan fingerprint density at radius 2 is 1.90 bits per heavy atom. The third-order valence-corrected chi connectivity index (χ3v) is 3.96. The van der Waals surface area contributed by atoms with Crippen molar-refractivity contribution in [2.24, 2.45) is 4.99 Å². The molecular weight excluding hydrogens is 334 g/mol. The van der Waals surface area contributed by atoms with Crippen LogP contribution in [-0.2, 0) is 0 Å². The van der Waals surface area contributed by atoms with Crippen molar-refractivity contribution in [1.82, 2.24) is 4.98 Å². The summed E-state index contributed by atoms with van der Waals surface area (Å²) in [6.07, 6.45) is 4.75. The number of aliphatic imine (C=N–C) groups is 1. The highest BCUT2D eigenvalue weighted by atomic mass is 79.9. The van der Waals surface area contributed by atoms with Crippen molar-refractivity contribution in [3.63, 3.8) is 0 Å². The topological polar surface area (TPSA) is 37.3 Å². The molecule has 2 heterocycles. The first kappa shape index (κ1) is 15.2. The zero-order valence-electron chi connectivity index (χ0n) is 11.2. The predicted octanol–water partition coefficient (Wildman–Crippen LogP) is 4.77. The number of hydrogen-bond acceptors (Lipinski definition) is 4. The molecule has 0 aliphatic carbocycles. The van der Waals surface area contributed by atoms with Crippen LogP contribution in [0.1, 0.15) is 25.7 Å². The van der Waals surface area contributed by atoms with Crippen LogP contribution >= 0.6 is 28.3 Å². The largest absolute Gasteiger partial charge is 0.320 e. The summed E-state index contributed by atoms with van der Waals surface area (Å²) < 4.78 is 0. The van der Waals surface area contributed by atoms with Gasteiger partial charge in [0.05, 0.1) is 5.69 Å². The fourth-order valence-corrected chi connectivity index (χ4v) is 2.91. The van der Waals surface area contributed by atoms with Gasteiger partial charge in [0.25, 0.3) is 0 Å². The second-order valence-electron chi connectivity index (χ2n) is 4.67. The summed E-state index contributed by atoms with van der Waals surface area (Å²) in [5.41, 5.74) is 2.19. The molecule has 0 saturated heterocycles. The van der Waals surface area contributed by atoms with Crippen LogP contribution in [0.3, 0.4) is 0 Å². The summed E-state index contributed by atoms with van der Waals surface area (Å²) in [4.78, 5) is 9.20. The van der Waals surface area contributed by atoms with Crippen LogP contribution in [0.4, 0.5) is 5.13 Å². The average Bonchev–Trinajstić information content (AvgIpc) is 2.76. The second-order valence-corrected chi connectivity index (χ2v) is 5.53. The molecule has 0 saturated carbocycles. The minimum atomic E-state index is 0. The Hall–Kier alpha value is -1.20. The number of thiazole rings is 1. The Balaban J connectivity index is 0.00000147. The molecule has 1 aromatic carbocycles. The number of halogens is 1. The average molecular weight is 352 g/mol. The van der Waals surface area contributed by atoms with Crippen molar-refractivity contribution >= 4 is 39.3 Å². The molecule has 1 aliphatic rings. The Morgan fingerprint density at radius 3 is 2.75 bits per heavy atom. The van der Waals surface area contributed by atoms with Gasteiger partial charge in [-0.2, -0.15) is 0 Å². The molecule has 3 nitrogen and oxygen atoms in total. The highest BCUT2D eigenvalue weighted by Crippen LogP contribution is 2.25. The third kappa shape index (κ3) is 3.90. The van der Waals surface area contributed by atoms with E-state index in [2.05, 4.69) is 32.8 Å². The van der Waals surface area contributed by atoms with E-state index in [4.69, 9.17) is 0 Å². The summed E-state index contributed by atoms with van der Waals surface area (Å²) in [6.45, 7) is 0.944. The second kappa shape index (κ2) is 7.55. The SMILES string of the molecule is Br.c1ccc(-c2csc(NC3=NCCCCC3)n2)cc1. The molecular formula is C15H18BrN3S. The van der Waals surface area contributed by atoms with E-state index < -0.39 is 0 Å². The molecule has 5 heteroatoms. The van der Waals surface area contributed by atoms with Crippen LogP contribution in [0.15, 0.2) is 40.7 Å². The highest BCUT2D eigenvalue weighted by molar-refractivity contribution is 8.93. The maximum Gasteiger partial charge on any atom is 0.188 e. The summed E-state index contributed by atoms with van der Waals surface area (Å²) in [6, 6.07) is 10.3. The van der Waals surface area contributed by atoms with Gasteiger partial charge in [-0.15, -0.1) is 28.3 Å². The molecule has 1 aliphatic heterocycles. The molecule has 0 atom stereocenters. The minimum Gasteiger partial charge on any atom is -0.320 e. The number of anilines is 1. The van der Waals surface area contributed by atoms with Crippen molar-refractivity contribution < 1.29 is 0 Å². The molecule has 106 valence electrons. The lowest BCUT2D eigenvalue weighted by Gasteiger charge is -2.04. The Kier molecular flexibility index (Phi) is 5.73. The van der Waals surface area contributed by atoms with Gasteiger partial charge in [-0.3, -0.25) is 4.99 Å². The molecule has 0 amide bonds. The molecule has 0 spiro atoms. The van der Waals surface area contributed by atoms with E-state index in [0.29, 0.717) is 0 Å². The molecule has 0 fully saturated rings. The van der Waals surface area contributed by atoms with E-state index in [9.17, 15) is 0 Å². The van der Waals surface area contributed by atoms with Crippen LogP contribution in [0.2, 0.25) is 0 Å². The van der Waals surface area contributed by atoms with Crippen LogP contribution in [-0.4, -0.2) is 17.4 Å². The van der Waals surface area contributed by atoms with Crippen LogP contribution in [0.25, 0.3) is 11.3 Å². The first-order chi connectivity index (χ1) is 9.42. The molecule has 3 rings (SSSR count). The lowest BCUT2D eigenvalue weighted by Crippen LogP contribution is -2.11. The summed E-state index contributed by atoms with van der Waals surface area (Å²) in [5.74, 6) is 1.09. The van der Waals surface area contributed by atoms with Crippen molar-refractivity contribution in [2.75, 3.05) is 11.9 Å². The van der Waals surface area contributed by atoms with E-state index in [1.807, 2.05) is 18.2 Å². The van der Waals surface area contributed by atoms with Gasteiger partial charge in [-0.05, 0) is 12.8 Å². The number of amidine groups is 1. The number of aromatic nitrogens is 1. The maximum absolute atomic E-state index is 4.63. The maximum atomic E-state index is 4.63. The quantitative estimate of drug-likeness (QED) is 0.845. The fourth-order valence-electron chi connectivity index (χ4n) is 2.17.